The van der Waals surface area contributed by atoms with Crippen LogP contribution in [0.4, 0.5) is 0 Å². The summed E-state index contributed by atoms with van der Waals surface area (Å²) in [6.45, 7) is 6.37. The number of amides is 2. The van der Waals surface area contributed by atoms with Crippen LogP contribution in [0.3, 0.4) is 0 Å². The van der Waals surface area contributed by atoms with E-state index >= 15 is 0 Å². The molecule has 3 aromatic rings. The number of aryl methyl sites for hydroxylation is 1. The number of hydrogen-bond donors (Lipinski definition) is 2. The molecule has 2 aromatic carbocycles. The summed E-state index contributed by atoms with van der Waals surface area (Å²) in [7, 11) is 0. The summed E-state index contributed by atoms with van der Waals surface area (Å²) in [6.07, 6.45) is 10.4. The van der Waals surface area contributed by atoms with Crippen molar-refractivity contribution in [3.63, 3.8) is 0 Å². The number of carboxylic acids is 1. The Morgan fingerprint density at radius 1 is 0.889 bits per heavy atom. The van der Waals surface area contributed by atoms with Crippen molar-refractivity contribution in [1.29, 1.82) is 0 Å². The first kappa shape index (κ1) is 36.0. The third kappa shape index (κ3) is 7.53. The average Bonchev–Trinajstić information content (AvgIpc) is 3.89. The van der Waals surface area contributed by atoms with Gasteiger partial charge in [0.15, 0.2) is 11.5 Å². The summed E-state index contributed by atoms with van der Waals surface area (Å²) < 4.78 is 0. The molecule has 5 heterocycles. The molecule has 0 spiro atoms. The van der Waals surface area contributed by atoms with E-state index < -0.39 is 11.9 Å². The highest BCUT2D eigenvalue weighted by atomic mass is 16.4. The summed E-state index contributed by atoms with van der Waals surface area (Å²) in [6, 6.07) is 12.6. The topological polar surface area (TPSA) is 152 Å². The SMILES string of the molecule is Cc1cc(C[C@@H](CC(=O)N2CCC(C3=Cc4ccccc4CC3=O)CC2)C(=O)N2CCC(N3CCC(C4=NN=C(C(=O)O)C4)CC3)CC2)cc2cn[nH]c12. The van der Waals surface area contributed by atoms with Gasteiger partial charge >= 0.3 is 5.97 Å². The fourth-order valence-electron chi connectivity index (χ4n) is 9.46. The molecule has 8 rings (SSSR count). The van der Waals surface area contributed by atoms with E-state index in [1.54, 1.807) is 6.20 Å². The first-order chi connectivity index (χ1) is 26.2. The van der Waals surface area contributed by atoms with E-state index in [1.165, 1.54) is 0 Å². The Morgan fingerprint density at radius 3 is 2.35 bits per heavy atom. The highest BCUT2D eigenvalue weighted by molar-refractivity contribution is 6.40. The summed E-state index contributed by atoms with van der Waals surface area (Å²) in [5.74, 6) is -0.825. The number of carbonyl (C=O) groups excluding carboxylic acids is 3. The Labute approximate surface area is 315 Å². The summed E-state index contributed by atoms with van der Waals surface area (Å²) in [4.78, 5) is 59.1. The fourth-order valence-corrected chi connectivity index (χ4v) is 9.46. The van der Waals surface area contributed by atoms with Crippen LogP contribution < -0.4 is 0 Å². The Morgan fingerprint density at radius 2 is 1.61 bits per heavy atom. The summed E-state index contributed by atoms with van der Waals surface area (Å²) >= 11 is 0. The fraction of sp³-hybridized carbons (Fsp3) is 0.500. The van der Waals surface area contributed by atoms with E-state index in [-0.39, 0.29) is 41.6 Å². The van der Waals surface area contributed by atoms with Crippen molar-refractivity contribution < 1.29 is 24.3 Å². The van der Waals surface area contributed by atoms with Gasteiger partial charge in [0.25, 0.3) is 0 Å². The number of nitrogens with zero attached hydrogens (tertiary/aromatic N) is 6. The molecule has 3 fully saturated rings. The number of H-pyrrole nitrogens is 1. The molecule has 54 heavy (non-hydrogen) atoms. The van der Waals surface area contributed by atoms with E-state index in [2.05, 4.69) is 49.6 Å². The van der Waals surface area contributed by atoms with Crippen molar-refractivity contribution in [2.24, 2.45) is 28.0 Å². The number of fused-ring (bicyclic) bond motifs is 2. The highest BCUT2D eigenvalue weighted by Gasteiger charge is 2.36. The Kier molecular flexibility index (Phi) is 10.3. The molecule has 1 aliphatic carbocycles. The van der Waals surface area contributed by atoms with Crippen LogP contribution >= 0.6 is 0 Å². The van der Waals surface area contributed by atoms with Gasteiger partial charge in [-0.05, 0) is 111 Å². The van der Waals surface area contributed by atoms with Crippen molar-refractivity contribution in [3.8, 4) is 0 Å². The molecular weight excluding hydrogens is 683 g/mol. The molecule has 0 bridgehead atoms. The van der Waals surface area contributed by atoms with Gasteiger partial charge in [0.05, 0.1) is 23.3 Å². The molecule has 1 aromatic heterocycles. The smallest absolute Gasteiger partial charge is 0.352 e. The summed E-state index contributed by atoms with van der Waals surface area (Å²) in [5.41, 5.74) is 7.17. The predicted molar refractivity (Wildman–Crippen MR) is 206 cm³/mol. The van der Waals surface area contributed by atoms with Crippen LogP contribution in [0.2, 0.25) is 0 Å². The minimum absolute atomic E-state index is 0.00714. The van der Waals surface area contributed by atoms with Gasteiger partial charge in [-0.25, -0.2) is 4.79 Å². The molecule has 0 unspecified atom stereocenters. The lowest BCUT2D eigenvalue weighted by molar-refractivity contribution is -0.143. The second-order valence-electron chi connectivity index (χ2n) is 15.9. The zero-order valence-corrected chi connectivity index (χ0v) is 31.0. The van der Waals surface area contributed by atoms with Crippen molar-refractivity contribution >= 4 is 52.0 Å². The van der Waals surface area contributed by atoms with Crippen LogP contribution in [0.15, 0.2) is 58.4 Å². The van der Waals surface area contributed by atoms with Gasteiger partial charge in [0, 0.05) is 62.8 Å². The van der Waals surface area contributed by atoms with Crippen LogP contribution in [0.1, 0.15) is 73.6 Å². The first-order valence-corrected chi connectivity index (χ1v) is 19.6. The third-order valence-electron chi connectivity index (χ3n) is 12.6. The largest absolute Gasteiger partial charge is 0.477 e. The van der Waals surface area contributed by atoms with Crippen LogP contribution in [0.5, 0.6) is 0 Å². The second-order valence-corrected chi connectivity index (χ2v) is 15.9. The van der Waals surface area contributed by atoms with Gasteiger partial charge in [0.1, 0.15) is 0 Å². The van der Waals surface area contributed by atoms with Crippen LogP contribution in [-0.4, -0.2) is 110 Å². The first-order valence-electron chi connectivity index (χ1n) is 19.6. The van der Waals surface area contributed by atoms with Crippen LogP contribution in [0.25, 0.3) is 17.0 Å². The number of carbonyl (C=O) groups is 4. The van der Waals surface area contributed by atoms with Gasteiger partial charge in [-0.2, -0.15) is 10.2 Å². The molecule has 12 nitrogen and oxygen atoms in total. The minimum atomic E-state index is -0.994. The van der Waals surface area contributed by atoms with Crippen molar-refractivity contribution in [3.05, 3.63) is 70.4 Å². The maximum absolute atomic E-state index is 14.4. The molecule has 0 saturated carbocycles. The van der Waals surface area contributed by atoms with Crippen LogP contribution in [0, 0.1) is 24.7 Å². The number of aromatic nitrogens is 2. The molecule has 5 aliphatic rings. The Hall–Kier alpha value is -4.97. The Balaban J connectivity index is 0.892. The van der Waals surface area contributed by atoms with E-state index in [4.69, 9.17) is 0 Å². The number of likely N-dealkylation sites (tertiary alicyclic amines) is 3. The molecular formula is C42H49N7O5. The number of rotatable bonds is 9. The number of nitrogens with one attached hydrogen (secondary N) is 1. The maximum Gasteiger partial charge on any atom is 0.352 e. The molecule has 3 saturated heterocycles. The lowest BCUT2D eigenvalue weighted by Gasteiger charge is -2.42. The maximum atomic E-state index is 14.4. The van der Waals surface area contributed by atoms with Crippen molar-refractivity contribution in [1.82, 2.24) is 24.9 Å². The van der Waals surface area contributed by atoms with E-state index in [0.29, 0.717) is 51.5 Å². The highest BCUT2D eigenvalue weighted by Crippen LogP contribution is 2.33. The number of aliphatic carboxylic acids is 1. The number of Topliss-reactive ketones (excluding diaryl/α,β-unsaturated/α-hetero) is 1. The van der Waals surface area contributed by atoms with E-state index in [9.17, 15) is 24.3 Å². The van der Waals surface area contributed by atoms with E-state index in [1.807, 2.05) is 34.9 Å². The molecule has 282 valence electrons. The van der Waals surface area contributed by atoms with Crippen LogP contribution in [-0.2, 0) is 32.0 Å². The zero-order valence-electron chi connectivity index (χ0n) is 31.0. The van der Waals surface area contributed by atoms with Gasteiger partial charge in [0.2, 0.25) is 11.8 Å². The molecule has 1 atom stereocenters. The number of allylic oxidation sites excluding steroid dienone is 1. The third-order valence-corrected chi connectivity index (χ3v) is 12.6. The van der Waals surface area contributed by atoms with Gasteiger partial charge in [-0.1, -0.05) is 30.3 Å². The molecule has 12 heteroatoms. The lowest BCUT2D eigenvalue weighted by atomic mass is 9.80. The van der Waals surface area contributed by atoms with Crippen molar-refractivity contribution in [2.45, 2.75) is 77.2 Å². The molecule has 2 N–H and O–H groups in total. The monoisotopic (exact) mass is 731 g/mol. The predicted octanol–water partition coefficient (Wildman–Crippen LogP) is 4.86. The average molecular weight is 732 g/mol. The number of aromatic amines is 1. The number of ketones is 1. The Bertz CT molecular complexity index is 2040. The molecule has 2 amide bonds. The van der Waals surface area contributed by atoms with Gasteiger partial charge in [-0.3, -0.25) is 19.5 Å². The van der Waals surface area contributed by atoms with Crippen molar-refractivity contribution in [2.75, 3.05) is 39.3 Å². The zero-order chi connectivity index (χ0) is 37.3. The second kappa shape index (κ2) is 15.4. The van der Waals surface area contributed by atoms with Gasteiger partial charge in [-0.15, -0.1) is 5.10 Å². The molecule has 4 aliphatic heterocycles. The normalized spacial score (nSPS) is 21.1. The number of carboxylic acid groups (broad SMARTS) is 1. The minimum Gasteiger partial charge on any atom is -0.477 e. The number of benzene rings is 2. The van der Waals surface area contributed by atoms with E-state index in [0.717, 1.165) is 96.1 Å². The number of piperidine rings is 3. The quantitative estimate of drug-likeness (QED) is 0.319. The standard InChI is InChI=1S/C42H49N7O5/c1-26-18-27(20-33-25-43-46-40(26)33)19-32(23-39(51)48-14-6-28(7-15-48)35-21-30-4-2-3-5-31(30)22-38(35)50)41(52)49-16-10-34(11-17-49)47-12-8-29(9-13-47)36-24-37(42(53)54)45-44-36/h2-5,18,20-21,25,28-29,32,34H,6-17,19,22-24H2,1H3,(H,43,46)(H,53,54)/t32-/m0/s1. The van der Waals surface area contributed by atoms with Gasteiger partial charge < -0.3 is 19.8 Å². The number of hydrogen-bond acceptors (Lipinski definition) is 8. The molecule has 0 radical (unpaired) electrons. The lowest BCUT2D eigenvalue weighted by Crippen LogP contribution is -2.51. The summed E-state index contributed by atoms with van der Waals surface area (Å²) in [5, 5.41) is 25.6.